The van der Waals surface area contributed by atoms with Crippen molar-refractivity contribution in [2.45, 2.75) is 32.2 Å². The molecule has 1 aliphatic rings. The highest BCUT2D eigenvalue weighted by atomic mass is 16.2. The van der Waals surface area contributed by atoms with Gasteiger partial charge in [0.1, 0.15) is 11.5 Å². The highest BCUT2D eigenvalue weighted by Crippen LogP contribution is 2.29. The summed E-state index contributed by atoms with van der Waals surface area (Å²) >= 11 is 0. The van der Waals surface area contributed by atoms with E-state index in [1.807, 2.05) is 73.3 Å². The number of aromatic nitrogens is 2. The first-order valence-corrected chi connectivity index (χ1v) is 10.3. The maximum Gasteiger partial charge on any atom is 0.253 e. The van der Waals surface area contributed by atoms with E-state index in [0.717, 1.165) is 42.9 Å². The number of carbonyl (C=O) groups is 1. The third kappa shape index (κ3) is 4.13. The van der Waals surface area contributed by atoms with Crippen LogP contribution >= 0.6 is 0 Å². The minimum atomic E-state index is -0.514. The quantitative estimate of drug-likeness (QED) is 0.666. The molecule has 1 saturated heterocycles. The van der Waals surface area contributed by atoms with Crippen LogP contribution in [0.4, 0.5) is 11.5 Å². The maximum absolute atomic E-state index is 12.6. The van der Waals surface area contributed by atoms with Crippen molar-refractivity contribution in [3.8, 4) is 11.3 Å². The fraction of sp³-hybridized carbons (Fsp3) is 0.292. The summed E-state index contributed by atoms with van der Waals surface area (Å²) in [6, 6.07) is 17.5. The largest absolute Gasteiger partial charge is 0.382 e. The zero-order valence-corrected chi connectivity index (χ0v) is 17.4. The topological polar surface area (TPSA) is 84.1 Å². The maximum atomic E-state index is 12.6. The molecule has 1 aliphatic heterocycles. The molecule has 1 aromatic heterocycles. The van der Waals surface area contributed by atoms with E-state index in [0.29, 0.717) is 17.1 Å². The number of nitrogen functional groups attached to an aromatic ring is 1. The van der Waals surface area contributed by atoms with Crippen LogP contribution in [0.3, 0.4) is 0 Å². The molecule has 0 bridgehead atoms. The van der Waals surface area contributed by atoms with Crippen molar-refractivity contribution in [3.05, 3.63) is 72.1 Å². The van der Waals surface area contributed by atoms with Crippen LogP contribution in [0.25, 0.3) is 11.3 Å². The molecule has 30 heavy (non-hydrogen) atoms. The lowest BCUT2D eigenvalue weighted by atomic mass is 9.98. The van der Waals surface area contributed by atoms with Gasteiger partial charge >= 0.3 is 0 Å². The predicted octanol–water partition coefficient (Wildman–Crippen LogP) is 4.31. The Balaban J connectivity index is 1.59. The van der Waals surface area contributed by atoms with Gasteiger partial charge in [0, 0.05) is 29.9 Å². The second kappa shape index (κ2) is 8.14. The van der Waals surface area contributed by atoms with E-state index in [9.17, 15) is 4.79 Å². The number of anilines is 2. The Morgan fingerprint density at radius 3 is 2.37 bits per heavy atom. The van der Waals surface area contributed by atoms with E-state index in [1.54, 1.807) is 6.20 Å². The first-order chi connectivity index (χ1) is 14.4. The number of carbonyl (C=O) groups excluding carboxylic acids is 1. The third-order valence-corrected chi connectivity index (χ3v) is 5.44. The lowest BCUT2D eigenvalue weighted by Gasteiger charge is -2.28. The molecule has 154 valence electrons. The molecule has 0 radical (unpaired) electrons. The second-order valence-corrected chi connectivity index (χ2v) is 8.18. The highest BCUT2D eigenvalue weighted by Gasteiger charge is 2.26. The lowest BCUT2D eigenvalue weighted by Crippen LogP contribution is -2.30. The average Bonchev–Trinajstić information content (AvgIpc) is 3.29. The molecule has 3 aromatic rings. The van der Waals surface area contributed by atoms with Crippen LogP contribution in [0, 0.1) is 0 Å². The molecule has 2 aromatic carbocycles. The number of para-hydroxylation sites is 1. The zero-order chi connectivity index (χ0) is 21.1. The molecule has 0 saturated carbocycles. The van der Waals surface area contributed by atoms with E-state index in [4.69, 9.17) is 10.7 Å². The smallest absolute Gasteiger partial charge is 0.253 e. The number of nitrogens with two attached hydrogens (primary N) is 1. The number of likely N-dealkylation sites (tertiary alicyclic amines) is 1. The number of hydrogen-bond donors (Lipinski definition) is 2. The SMILES string of the molecule is CC(C)(Nc1ccccc1)c1nc(-c2ccc(C(=O)N3CCCC3)cc2)cnc1N. The van der Waals surface area contributed by atoms with Crippen LogP contribution in [0.15, 0.2) is 60.8 Å². The van der Waals surface area contributed by atoms with Gasteiger partial charge in [-0.3, -0.25) is 4.79 Å². The van der Waals surface area contributed by atoms with Gasteiger partial charge in [-0.1, -0.05) is 30.3 Å². The summed E-state index contributed by atoms with van der Waals surface area (Å²) in [6.07, 6.45) is 3.84. The van der Waals surface area contributed by atoms with Crippen molar-refractivity contribution in [1.82, 2.24) is 14.9 Å². The normalized spacial score (nSPS) is 14.0. The van der Waals surface area contributed by atoms with E-state index >= 15 is 0 Å². The molecule has 6 heteroatoms. The number of nitrogens with zero attached hydrogens (tertiary/aromatic N) is 3. The van der Waals surface area contributed by atoms with Crippen LogP contribution in [0.1, 0.15) is 42.7 Å². The van der Waals surface area contributed by atoms with E-state index in [-0.39, 0.29) is 5.91 Å². The monoisotopic (exact) mass is 401 g/mol. The standard InChI is InChI=1S/C24H27N5O/c1-24(2,28-19-8-4-3-5-9-19)21-22(25)26-16-20(27-21)17-10-12-18(13-11-17)23(30)29-14-6-7-15-29/h3-5,8-13,16,28H,6-7,14-15H2,1-2H3,(H2,25,26). The van der Waals surface area contributed by atoms with Gasteiger partial charge in [0.05, 0.1) is 17.4 Å². The molecule has 0 spiro atoms. The molecule has 4 rings (SSSR count). The number of benzene rings is 2. The van der Waals surface area contributed by atoms with Gasteiger partial charge < -0.3 is 16.0 Å². The summed E-state index contributed by atoms with van der Waals surface area (Å²) in [5.41, 5.74) is 9.66. The minimum absolute atomic E-state index is 0.0938. The van der Waals surface area contributed by atoms with Gasteiger partial charge in [0.25, 0.3) is 5.91 Å². The molecule has 6 nitrogen and oxygen atoms in total. The van der Waals surface area contributed by atoms with Crippen molar-refractivity contribution in [2.24, 2.45) is 0 Å². The van der Waals surface area contributed by atoms with Crippen LogP contribution in [-0.2, 0) is 5.54 Å². The Morgan fingerprint density at radius 2 is 1.70 bits per heavy atom. The first-order valence-electron chi connectivity index (χ1n) is 10.3. The number of amides is 1. The van der Waals surface area contributed by atoms with E-state index in [1.165, 1.54) is 0 Å². The second-order valence-electron chi connectivity index (χ2n) is 8.18. The number of rotatable bonds is 5. The average molecular weight is 402 g/mol. The Bertz CT molecular complexity index is 1030. The Kier molecular flexibility index (Phi) is 5.40. The van der Waals surface area contributed by atoms with Crippen molar-refractivity contribution in [1.29, 1.82) is 0 Å². The van der Waals surface area contributed by atoms with Gasteiger partial charge in [-0.2, -0.15) is 0 Å². The van der Waals surface area contributed by atoms with Crippen LogP contribution in [-0.4, -0.2) is 33.9 Å². The van der Waals surface area contributed by atoms with Crippen LogP contribution < -0.4 is 11.1 Å². The molecular formula is C24H27N5O. The molecule has 0 aliphatic carbocycles. The highest BCUT2D eigenvalue weighted by molar-refractivity contribution is 5.94. The molecular weight excluding hydrogens is 374 g/mol. The summed E-state index contributed by atoms with van der Waals surface area (Å²) in [4.78, 5) is 23.7. The summed E-state index contributed by atoms with van der Waals surface area (Å²) in [5.74, 6) is 0.490. The third-order valence-electron chi connectivity index (χ3n) is 5.44. The first kappa shape index (κ1) is 19.9. The molecule has 0 unspecified atom stereocenters. The minimum Gasteiger partial charge on any atom is -0.382 e. The van der Waals surface area contributed by atoms with E-state index in [2.05, 4.69) is 10.3 Å². The van der Waals surface area contributed by atoms with Crippen LogP contribution in [0.5, 0.6) is 0 Å². The van der Waals surface area contributed by atoms with E-state index < -0.39 is 5.54 Å². The van der Waals surface area contributed by atoms with Gasteiger partial charge in [-0.15, -0.1) is 0 Å². The number of nitrogens with one attached hydrogen (secondary N) is 1. The fourth-order valence-corrected chi connectivity index (χ4v) is 3.83. The lowest BCUT2D eigenvalue weighted by molar-refractivity contribution is 0.0793. The van der Waals surface area contributed by atoms with Crippen molar-refractivity contribution in [2.75, 3.05) is 24.1 Å². The Hall–Kier alpha value is -3.41. The Labute approximate surface area is 177 Å². The molecule has 2 heterocycles. The van der Waals surface area contributed by atoms with Gasteiger partial charge in [0.2, 0.25) is 0 Å². The summed E-state index contributed by atoms with van der Waals surface area (Å²) in [7, 11) is 0. The molecule has 1 amide bonds. The van der Waals surface area contributed by atoms with Crippen molar-refractivity contribution in [3.63, 3.8) is 0 Å². The molecule has 3 N–H and O–H groups in total. The number of hydrogen-bond acceptors (Lipinski definition) is 5. The zero-order valence-electron chi connectivity index (χ0n) is 17.4. The van der Waals surface area contributed by atoms with Gasteiger partial charge in [-0.25, -0.2) is 9.97 Å². The molecule has 0 atom stereocenters. The van der Waals surface area contributed by atoms with Crippen molar-refractivity contribution >= 4 is 17.4 Å². The molecule has 1 fully saturated rings. The predicted molar refractivity (Wildman–Crippen MR) is 120 cm³/mol. The summed E-state index contributed by atoms with van der Waals surface area (Å²) in [6.45, 7) is 5.75. The van der Waals surface area contributed by atoms with Gasteiger partial charge in [0.15, 0.2) is 0 Å². The summed E-state index contributed by atoms with van der Waals surface area (Å²) in [5, 5.41) is 3.48. The summed E-state index contributed by atoms with van der Waals surface area (Å²) < 4.78 is 0. The fourth-order valence-electron chi connectivity index (χ4n) is 3.83. The van der Waals surface area contributed by atoms with Gasteiger partial charge in [-0.05, 0) is 51.0 Å². The van der Waals surface area contributed by atoms with Crippen molar-refractivity contribution < 1.29 is 4.79 Å². The van der Waals surface area contributed by atoms with Crippen LogP contribution in [0.2, 0.25) is 0 Å². The Morgan fingerprint density at radius 1 is 1.03 bits per heavy atom.